The van der Waals surface area contributed by atoms with Gasteiger partial charge in [0.25, 0.3) is 0 Å². The Morgan fingerprint density at radius 1 is 1.04 bits per heavy atom. The number of ether oxygens (including phenoxy) is 1. The highest BCUT2D eigenvalue weighted by molar-refractivity contribution is 5.89. The minimum Gasteiger partial charge on any atom is -0.406 e. The van der Waals surface area contributed by atoms with E-state index in [1.54, 1.807) is 0 Å². The van der Waals surface area contributed by atoms with Crippen LogP contribution < -0.4 is 15.4 Å². The topological polar surface area (TPSA) is 50.4 Å². The lowest BCUT2D eigenvalue weighted by Gasteiger charge is -2.11. The quantitative estimate of drug-likeness (QED) is 0.861. The molecular formula is C17H17F3N2O2. The maximum atomic E-state index is 12.1. The van der Waals surface area contributed by atoms with Crippen LogP contribution in [0.1, 0.15) is 16.7 Å². The van der Waals surface area contributed by atoms with Gasteiger partial charge in [0.2, 0.25) is 0 Å². The maximum Gasteiger partial charge on any atom is 0.573 e. The van der Waals surface area contributed by atoms with Crippen molar-refractivity contribution in [3.8, 4) is 5.75 Å². The van der Waals surface area contributed by atoms with E-state index in [0.29, 0.717) is 12.2 Å². The van der Waals surface area contributed by atoms with E-state index in [9.17, 15) is 18.0 Å². The zero-order valence-corrected chi connectivity index (χ0v) is 13.2. The van der Waals surface area contributed by atoms with E-state index in [2.05, 4.69) is 15.4 Å². The SMILES string of the molecule is Cc1cc(C)cc(CNC(=O)Nc2ccc(OC(F)(F)F)cc2)c1. The third-order valence-electron chi connectivity index (χ3n) is 3.08. The largest absolute Gasteiger partial charge is 0.573 e. The molecule has 0 aromatic heterocycles. The normalized spacial score (nSPS) is 11.0. The van der Waals surface area contributed by atoms with Gasteiger partial charge < -0.3 is 15.4 Å². The molecule has 24 heavy (non-hydrogen) atoms. The number of rotatable bonds is 4. The molecule has 2 aromatic rings. The minimum absolute atomic E-state index is 0.344. The van der Waals surface area contributed by atoms with Crippen molar-refractivity contribution in [1.29, 1.82) is 0 Å². The Kier molecular flexibility index (Phi) is 5.33. The van der Waals surface area contributed by atoms with Gasteiger partial charge in [-0.05, 0) is 43.7 Å². The van der Waals surface area contributed by atoms with Crippen LogP contribution in [0.3, 0.4) is 0 Å². The highest BCUT2D eigenvalue weighted by Crippen LogP contribution is 2.23. The summed E-state index contributed by atoms with van der Waals surface area (Å²) in [5.74, 6) is -0.344. The molecule has 0 spiro atoms. The molecule has 2 rings (SSSR count). The van der Waals surface area contributed by atoms with E-state index in [1.165, 1.54) is 12.1 Å². The average molecular weight is 338 g/mol. The molecule has 7 heteroatoms. The molecule has 4 nitrogen and oxygen atoms in total. The molecule has 0 aliphatic carbocycles. The van der Waals surface area contributed by atoms with Crippen LogP contribution in [-0.4, -0.2) is 12.4 Å². The zero-order valence-electron chi connectivity index (χ0n) is 13.2. The molecule has 0 aliphatic heterocycles. The van der Waals surface area contributed by atoms with Crippen molar-refractivity contribution < 1.29 is 22.7 Å². The number of carbonyl (C=O) groups is 1. The number of amides is 2. The van der Waals surface area contributed by atoms with Crippen LogP contribution in [0.5, 0.6) is 5.75 Å². The van der Waals surface area contributed by atoms with Gasteiger partial charge in [-0.3, -0.25) is 0 Å². The van der Waals surface area contributed by atoms with E-state index in [-0.39, 0.29) is 5.75 Å². The number of alkyl halides is 3. The number of hydrogen-bond acceptors (Lipinski definition) is 2. The second-order valence-corrected chi connectivity index (χ2v) is 5.38. The Morgan fingerprint density at radius 3 is 2.17 bits per heavy atom. The first kappa shape index (κ1) is 17.7. The van der Waals surface area contributed by atoms with Gasteiger partial charge in [0.05, 0.1) is 0 Å². The van der Waals surface area contributed by atoms with Crippen molar-refractivity contribution in [1.82, 2.24) is 5.32 Å². The number of hydrogen-bond donors (Lipinski definition) is 2. The summed E-state index contributed by atoms with van der Waals surface area (Å²) in [6.07, 6.45) is -4.74. The predicted molar refractivity (Wildman–Crippen MR) is 84.9 cm³/mol. The molecule has 0 saturated carbocycles. The summed E-state index contributed by atoms with van der Waals surface area (Å²) >= 11 is 0. The highest BCUT2D eigenvalue weighted by atomic mass is 19.4. The molecule has 0 radical (unpaired) electrons. The second kappa shape index (κ2) is 7.25. The molecule has 0 aliphatic rings. The summed E-state index contributed by atoms with van der Waals surface area (Å²) < 4.78 is 40.0. The molecular weight excluding hydrogens is 321 g/mol. The highest BCUT2D eigenvalue weighted by Gasteiger charge is 2.30. The van der Waals surface area contributed by atoms with Gasteiger partial charge in [-0.15, -0.1) is 13.2 Å². The summed E-state index contributed by atoms with van der Waals surface area (Å²) in [5, 5.41) is 5.24. The van der Waals surface area contributed by atoms with Crippen molar-refractivity contribution in [2.75, 3.05) is 5.32 Å². The second-order valence-electron chi connectivity index (χ2n) is 5.38. The zero-order chi connectivity index (χ0) is 17.7. The summed E-state index contributed by atoms with van der Waals surface area (Å²) in [5.41, 5.74) is 3.54. The van der Waals surface area contributed by atoms with Crippen LogP contribution in [0.2, 0.25) is 0 Å². The van der Waals surface area contributed by atoms with Crippen LogP contribution in [-0.2, 0) is 6.54 Å². The molecule has 0 bridgehead atoms. The standard InChI is InChI=1S/C17H17F3N2O2/c1-11-7-12(2)9-13(8-11)10-21-16(23)22-14-3-5-15(6-4-14)24-17(18,19)20/h3-9H,10H2,1-2H3,(H2,21,22,23). The van der Waals surface area contributed by atoms with Crippen LogP contribution in [0.15, 0.2) is 42.5 Å². The molecule has 2 N–H and O–H groups in total. The van der Waals surface area contributed by atoms with Crippen LogP contribution >= 0.6 is 0 Å². The Labute approximate surface area is 137 Å². The molecule has 128 valence electrons. The smallest absolute Gasteiger partial charge is 0.406 e. The Bertz CT molecular complexity index is 693. The number of urea groups is 1. The van der Waals surface area contributed by atoms with E-state index in [0.717, 1.165) is 28.8 Å². The molecule has 2 amide bonds. The predicted octanol–water partition coefficient (Wildman–Crippen LogP) is 4.52. The first-order valence-electron chi connectivity index (χ1n) is 7.19. The lowest BCUT2D eigenvalue weighted by Crippen LogP contribution is -2.28. The first-order chi connectivity index (χ1) is 11.2. The van der Waals surface area contributed by atoms with Crippen LogP contribution in [0.25, 0.3) is 0 Å². The van der Waals surface area contributed by atoms with Gasteiger partial charge in [0.15, 0.2) is 0 Å². The van der Waals surface area contributed by atoms with Gasteiger partial charge in [-0.2, -0.15) is 0 Å². The van der Waals surface area contributed by atoms with Crippen molar-refractivity contribution in [3.05, 3.63) is 59.2 Å². The van der Waals surface area contributed by atoms with E-state index in [1.807, 2.05) is 32.0 Å². The number of carbonyl (C=O) groups excluding carboxylic acids is 1. The fourth-order valence-electron chi connectivity index (χ4n) is 2.27. The number of anilines is 1. The lowest BCUT2D eigenvalue weighted by molar-refractivity contribution is -0.274. The Morgan fingerprint density at radius 2 is 1.62 bits per heavy atom. The minimum atomic E-state index is -4.74. The molecule has 0 saturated heterocycles. The van der Waals surface area contributed by atoms with Gasteiger partial charge in [0, 0.05) is 12.2 Å². The van der Waals surface area contributed by atoms with E-state index < -0.39 is 12.4 Å². The molecule has 0 heterocycles. The van der Waals surface area contributed by atoms with Crippen molar-refractivity contribution >= 4 is 11.7 Å². The van der Waals surface area contributed by atoms with Crippen LogP contribution in [0.4, 0.5) is 23.7 Å². The fraction of sp³-hybridized carbons (Fsp3) is 0.235. The fourth-order valence-corrected chi connectivity index (χ4v) is 2.27. The van der Waals surface area contributed by atoms with Gasteiger partial charge in [-0.25, -0.2) is 4.79 Å². The summed E-state index contributed by atoms with van der Waals surface area (Å²) in [7, 11) is 0. The Balaban J connectivity index is 1.88. The number of nitrogens with one attached hydrogen (secondary N) is 2. The van der Waals surface area contributed by atoms with Gasteiger partial charge in [0.1, 0.15) is 5.75 Å². The summed E-state index contributed by atoms with van der Waals surface area (Å²) in [6, 6.07) is 10.5. The van der Waals surface area contributed by atoms with E-state index in [4.69, 9.17) is 0 Å². The summed E-state index contributed by atoms with van der Waals surface area (Å²) in [4.78, 5) is 11.8. The number of halogens is 3. The molecule has 2 aromatic carbocycles. The first-order valence-corrected chi connectivity index (χ1v) is 7.19. The molecule has 0 fully saturated rings. The summed E-state index contributed by atoms with van der Waals surface area (Å²) in [6.45, 7) is 4.30. The average Bonchev–Trinajstić information content (AvgIpc) is 2.45. The lowest BCUT2D eigenvalue weighted by atomic mass is 10.1. The Hall–Kier alpha value is -2.70. The maximum absolute atomic E-state index is 12.1. The molecule has 0 atom stereocenters. The van der Waals surface area contributed by atoms with Crippen molar-refractivity contribution in [2.45, 2.75) is 26.8 Å². The van der Waals surface area contributed by atoms with Crippen molar-refractivity contribution in [2.24, 2.45) is 0 Å². The van der Waals surface area contributed by atoms with Crippen molar-refractivity contribution in [3.63, 3.8) is 0 Å². The number of aryl methyl sites for hydroxylation is 2. The molecule has 0 unspecified atom stereocenters. The number of benzene rings is 2. The van der Waals surface area contributed by atoms with Gasteiger partial charge >= 0.3 is 12.4 Å². The van der Waals surface area contributed by atoms with E-state index >= 15 is 0 Å². The third-order valence-corrected chi connectivity index (χ3v) is 3.08. The third kappa shape index (κ3) is 5.83. The van der Waals surface area contributed by atoms with Crippen LogP contribution in [0, 0.1) is 13.8 Å². The van der Waals surface area contributed by atoms with Gasteiger partial charge in [-0.1, -0.05) is 29.3 Å². The monoisotopic (exact) mass is 338 g/mol.